The van der Waals surface area contributed by atoms with Gasteiger partial charge in [-0.15, -0.1) is 0 Å². The van der Waals surface area contributed by atoms with Gasteiger partial charge in [0.2, 0.25) is 10.0 Å². The third kappa shape index (κ3) is 5.81. The van der Waals surface area contributed by atoms with E-state index in [9.17, 15) is 8.42 Å². The Bertz CT molecular complexity index is 294. The van der Waals surface area contributed by atoms with Gasteiger partial charge in [0, 0.05) is 31.7 Å². The molecule has 0 aliphatic rings. The molecule has 6 heteroatoms. The van der Waals surface area contributed by atoms with Crippen LogP contribution in [0.4, 0.5) is 0 Å². The lowest BCUT2D eigenvalue weighted by molar-refractivity contribution is 0.179. The molecule has 0 aliphatic carbocycles. The van der Waals surface area contributed by atoms with Crippen molar-refractivity contribution in [2.75, 3.05) is 19.6 Å². The molecule has 1 unspecified atom stereocenters. The van der Waals surface area contributed by atoms with E-state index in [1.165, 1.54) is 0 Å². The summed E-state index contributed by atoms with van der Waals surface area (Å²) in [4.78, 5) is 2.25. The van der Waals surface area contributed by atoms with Gasteiger partial charge < -0.3 is 5.73 Å². The third-order valence-electron chi connectivity index (χ3n) is 2.86. The van der Waals surface area contributed by atoms with Gasteiger partial charge in [-0.05, 0) is 34.6 Å². The van der Waals surface area contributed by atoms with Crippen molar-refractivity contribution < 1.29 is 8.42 Å². The molecular formula is C11H27N3O2S. The highest BCUT2D eigenvalue weighted by Crippen LogP contribution is 2.04. The number of hydrogen-bond acceptors (Lipinski definition) is 4. The van der Waals surface area contributed by atoms with E-state index >= 15 is 0 Å². The van der Waals surface area contributed by atoms with Crippen LogP contribution in [0.1, 0.15) is 34.6 Å². The lowest BCUT2D eigenvalue weighted by Gasteiger charge is -2.30. The molecule has 0 aromatic heterocycles. The molecule has 0 spiro atoms. The molecule has 3 N–H and O–H groups in total. The summed E-state index contributed by atoms with van der Waals surface area (Å²) in [6.45, 7) is 11.3. The molecule has 0 saturated heterocycles. The van der Waals surface area contributed by atoms with Gasteiger partial charge in [0.25, 0.3) is 0 Å². The summed E-state index contributed by atoms with van der Waals surface area (Å²) in [5.41, 5.74) is 5.36. The molecule has 0 aromatic carbocycles. The molecule has 5 nitrogen and oxygen atoms in total. The van der Waals surface area contributed by atoms with Crippen LogP contribution in [0.3, 0.4) is 0 Å². The Labute approximate surface area is 106 Å². The number of nitrogens with zero attached hydrogens (tertiary/aromatic N) is 1. The van der Waals surface area contributed by atoms with Crippen molar-refractivity contribution in [1.82, 2.24) is 9.62 Å². The van der Waals surface area contributed by atoms with E-state index < -0.39 is 15.3 Å². The quantitative estimate of drug-likeness (QED) is 0.665. The number of nitrogens with one attached hydrogen (secondary N) is 1. The smallest absolute Gasteiger partial charge is 0.215 e. The predicted octanol–water partition coefficient (Wildman–Crippen LogP) is 0.372. The molecule has 0 saturated carbocycles. The first-order chi connectivity index (χ1) is 7.72. The average Bonchev–Trinajstić information content (AvgIpc) is 2.21. The van der Waals surface area contributed by atoms with Crippen molar-refractivity contribution in [3.63, 3.8) is 0 Å². The van der Waals surface area contributed by atoms with Gasteiger partial charge in [0.15, 0.2) is 0 Å². The molecule has 0 amide bonds. The summed E-state index contributed by atoms with van der Waals surface area (Å²) >= 11 is 0. The van der Waals surface area contributed by atoms with Crippen molar-refractivity contribution in [3.8, 4) is 0 Å². The maximum atomic E-state index is 11.7. The summed E-state index contributed by atoms with van der Waals surface area (Å²) in [7, 11) is -3.26. The average molecular weight is 265 g/mol. The van der Waals surface area contributed by atoms with E-state index in [1.54, 1.807) is 6.92 Å². The summed E-state index contributed by atoms with van der Waals surface area (Å²) in [6, 6.07) is 0.817. The zero-order chi connectivity index (χ0) is 13.6. The first kappa shape index (κ1) is 16.8. The minimum Gasteiger partial charge on any atom is -0.329 e. The normalized spacial score (nSPS) is 14.9. The second-order valence-corrected chi connectivity index (χ2v) is 7.09. The Kier molecular flexibility index (Phi) is 7.23. The Morgan fingerprint density at radius 3 is 1.94 bits per heavy atom. The number of sulfonamides is 1. The minimum absolute atomic E-state index is 0.146. The van der Waals surface area contributed by atoms with Crippen LogP contribution in [0.2, 0.25) is 0 Å². The maximum absolute atomic E-state index is 11.7. The Hall–Kier alpha value is -0.170. The monoisotopic (exact) mass is 265 g/mol. The van der Waals surface area contributed by atoms with Crippen LogP contribution >= 0.6 is 0 Å². The Morgan fingerprint density at radius 2 is 1.59 bits per heavy atom. The molecule has 0 bridgehead atoms. The fourth-order valence-electron chi connectivity index (χ4n) is 1.70. The minimum atomic E-state index is -3.26. The van der Waals surface area contributed by atoms with Crippen LogP contribution in [-0.4, -0.2) is 50.3 Å². The van der Waals surface area contributed by atoms with Gasteiger partial charge in [0.05, 0.1) is 5.25 Å². The van der Waals surface area contributed by atoms with E-state index in [4.69, 9.17) is 5.73 Å². The van der Waals surface area contributed by atoms with Crippen LogP contribution in [0, 0.1) is 0 Å². The van der Waals surface area contributed by atoms with Gasteiger partial charge in [-0.2, -0.15) is 0 Å². The molecule has 17 heavy (non-hydrogen) atoms. The maximum Gasteiger partial charge on any atom is 0.215 e. The van der Waals surface area contributed by atoms with Crippen molar-refractivity contribution in [2.45, 2.75) is 52.0 Å². The number of hydrogen-bond donors (Lipinski definition) is 2. The highest BCUT2D eigenvalue weighted by molar-refractivity contribution is 7.90. The lowest BCUT2D eigenvalue weighted by atomic mass is 10.2. The van der Waals surface area contributed by atoms with E-state index in [0.29, 0.717) is 25.2 Å². The van der Waals surface area contributed by atoms with E-state index in [2.05, 4.69) is 37.3 Å². The van der Waals surface area contributed by atoms with Crippen molar-refractivity contribution in [1.29, 1.82) is 0 Å². The van der Waals surface area contributed by atoms with Gasteiger partial charge >= 0.3 is 0 Å². The highest BCUT2D eigenvalue weighted by Gasteiger charge is 2.19. The lowest BCUT2D eigenvalue weighted by Crippen LogP contribution is -2.44. The largest absolute Gasteiger partial charge is 0.329 e. The van der Waals surface area contributed by atoms with E-state index in [-0.39, 0.29) is 6.54 Å². The zero-order valence-electron chi connectivity index (χ0n) is 11.6. The standard InChI is InChI=1S/C11H27N3O2S/c1-9(2)14(10(3)4)7-6-13-17(15,16)11(5)8-12/h9-11,13H,6-8,12H2,1-5H3. The molecule has 0 fully saturated rings. The Balaban J connectivity index is 4.22. The first-order valence-corrected chi connectivity index (χ1v) is 7.71. The molecule has 0 heterocycles. The number of nitrogens with two attached hydrogens (primary N) is 1. The van der Waals surface area contributed by atoms with Crippen molar-refractivity contribution >= 4 is 10.0 Å². The van der Waals surface area contributed by atoms with Crippen LogP contribution in [0.25, 0.3) is 0 Å². The SMILES string of the molecule is CC(C)N(CCNS(=O)(=O)C(C)CN)C(C)C. The third-order valence-corrected chi connectivity index (χ3v) is 4.72. The molecule has 1 atom stereocenters. The fraction of sp³-hybridized carbons (Fsp3) is 1.00. The van der Waals surface area contributed by atoms with Gasteiger partial charge in [-0.1, -0.05) is 0 Å². The van der Waals surface area contributed by atoms with Gasteiger partial charge in [0.1, 0.15) is 0 Å². The summed E-state index contributed by atoms with van der Waals surface area (Å²) < 4.78 is 25.9. The molecule has 104 valence electrons. The topological polar surface area (TPSA) is 75.4 Å². The van der Waals surface area contributed by atoms with Crippen LogP contribution < -0.4 is 10.5 Å². The van der Waals surface area contributed by atoms with Gasteiger partial charge in [-0.25, -0.2) is 13.1 Å². The molecule has 0 aliphatic heterocycles. The highest BCUT2D eigenvalue weighted by atomic mass is 32.2. The second-order valence-electron chi connectivity index (χ2n) is 4.91. The van der Waals surface area contributed by atoms with E-state index in [0.717, 1.165) is 0 Å². The van der Waals surface area contributed by atoms with Crippen LogP contribution in [-0.2, 0) is 10.0 Å². The van der Waals surface area contributed by atoms with Gasteiger partial charge in [-0.3, -0.25) is 4.90 Å². The zero-order valence-corrected chi connectivity index (χ0v) is 12.4. The predicted molar refractivity (Wildman–Crippen MR) is 72.4 cm³/mol. The fourth-order valence-corrected chi connectivity index (χ4v) is 2.61. The summed E-state index contributed by atoms with van der Waals surface area (Å²) in [5, 5.41) is -0.533. The van der Waals surface area contributed by atoms with Crippen LogP contribution in [0.15, 0.2) is 0 Å². The second kappa shape index (κ2) is 7.31. The molecule has 0 radical (unpaired) electrons. The van der Waals surface area contributed by atoms with Crippen molar-refractivity contribution in [3.05, 3.63) is 0 Å². The van der Waals surface area contributed by atoms with Crippen LogP contribution in [0.5, 0.6) is 0 Å². The number of rotatable bonds is 8. The first-order valence-electron chi connectivity index (χ1n) is 6.16. The van der Waals surface area contributed by atoms with Crippen molar-refractivity contribution in [2.24, 2.45) is 5.73 Å². The molecular weight excluding hydrogens is 238 g/mol. The van der Waals surface area contributed by atoms with E-state index in [1.807, 2.05) is 0 Å². The summed E-state index contributed by atoms with van der Waals surface area (Å²) in [6.07, 6.45) is 0. The molecule has 0 aromatic rings. The molecule has 0 rings (SSSR count). The Morgan fingerprint density at radius 1 is 1.12 bits per heavy atom. The summed E-state index contributed by atoms with van der Waals surface area (Å²) in [5.74, 6) is 0.